The summed E-state index contributed by atoms with van der Waals surface area (Å²) in [6, 6.07) is 9.62. The van der Waals surface area contributed by atoms with Crippen molar-refractivity contribution in [2.75, 3.05) is 25.5 Å². The number of amides is 2. The van der Waals surface area contributed by atoms with Crippen molar-refractivity contribution in [3.8, 4) is 0 Å². The molecule has 0 aromatic heterocycles. The lowest BCUT2D eigenvalue weighted by Crippen LogP contribution is -2.41. The van der Waals surface area contributed by atoms with E-state index in [9.17, 15) is 26.8 Å². The van der Waals surface area contributed by atoms with Gasteiger partial charge in [-0.1, -0.05) is 23.8 Å². The summed E-state index contributed by atoms with van der Waals surface area (Å²) < 4.78 is 53.2. The molecule has 10 heteroatoms. The highest BCUT2D eigenvalue weighted by molar-refractivity contribution is 7.89. The van der Waals surface area contributed by atoms with Gasteiger partial charge in [0.1, 0.15) is 11.6 Å². The first kappa shape index (κ1) is 21.5. The number of carbonyl (C=O) groups is 2. The Morgan fingerprint density at radius 3 is 2.18 bits per heavy atom. The molecule has 7 nitrogen and oxygen atoms in total. The van der Waals surface area contributed by atoms with Gasteiger partial charge in [0, 0.05) is 12.7 Å². The van der Waals surface area contributed by atoms with E-state index in [-0.39, 0.29) is 6.54 Å². The number of anilines is 1. The molecule has 0 radical (unpaired) electrons. The van der Waals surface area contributed by atoms with E-state index < -0.39 is 44.9 Å². The third kappa shape index (κ3) is 5.57. The van der Waals surface area contributed by atoms with Gasteiger partial charge < -0.3 is 10.2 Å². The maximum Gasteiger partial charge on any atom is 0.246 e. The monoisotopic (exact) mass is 411 g/mol. The number of benzene rings is 2. The number of rotatable bonds is 7. The van der Waals surface area contributed by atoms with Crippen molar-refractivity contribution in [3.05, 3.63) is 59.7 Å². The van der Waals surface area contributed by atoms with Crippen LogP contribution in [0.25, 0.3) is 0 Å². The van der Waals surface area contributed by atoms with Crippen LogP contribution in [-0.2, 0) is 19.6 Å². The van der Waals surface area contributed by atoms with Gasteiger partial charge in [0.2, 0.25) is 21.8 Å². The van der Waals surface area contributed by atoms with Gasteiger partial charge >= 0.3 is 0 Å². The molecule has 0 heterocycles. The summed E-state index contributed by atoms with van der Waals surface area (Å²) in [6.07, 6.45) is 0. The molecular weight excluding hydrogens is 392 g/mol. The molecule has 0 aliphatic carbocycles. The maximum atomic E-state index is 13.6. The van der Waals surface area contributed by atoms with E-state index in [0.717, 1.165) is 28.7 Å². The number of aryl methyl sites for hydroxylation is 1. The first-order valence-corrected chi connectivity index (χ1v) is 9.62. The fourth-order valence-corrected chi connectivity index (χ4v) is 3.35. The van der Waals surface area contributed by atoms with Gasteiger partial charge in [0.05, 0.1) is 13.1 Å². The number of likely N-dealkylation sites (N-methyl/N-ethyl adjacent to an activating group) is 1. The smallest absolute Gasteiger partial charge is 0.246 e. The zero-order valence-corrected chi connectivity index (χ0v) is 16.0. The van der Waals surface area contributed by atoms with Crippen LogP contribution < -0.4 is 10.0 Å². The SMILES string of the molecule is Cc1ccc(NC(=O)CN(C)C(=O)CNS(=O)(=O)c2c(F)cccc2F)cc1. The van der Waals surface area contributed by atoms with E-state index in [2.05, 4.69) is 5.32 Å². The predicted molar refractivity (Wildman–Crippen MR) is 99.0 cm³/mol. The number of hydrogen-bond acceptors (Lipinski definition) is 4. The van der Waals surface area contributed by atoms with Crippen molar-refractivity contribution in [3.63, 3.8) is 0 Å². The van der Waals surface area contributed by atoms with E-state index >= 15 is 0 Å². The van der Waals surface area contributed by atoms with Crippen LogP contribution in [0, 0.1) is 18.6 Å². The van der Waals surface area contributed by atoms with Crippen molar-refractivity contribution in [2.24, 2.45) is 0 Å². The van der Waals surface area contributed by atoms with Crippen LogP contribution in [0.5, 0.6) is 0 Å². The Morgan fingerprint density at radius 1 is 1.04 bits per heavy atom. The zero-order valence-electron chi connectivity index (χ0n) is 15.2. The molecule has 2 aromatic rings. The highest BCUT2D eigenvalue weighted by Crippen LogP contribution is 2.17. The van der Waals surface area contributed by atoms with E-state index in [1.54, 1.807) is 24.3 Å². The molecule has 0 bridgehead atoms. The minimum atomic E-state index is -4.58. The third-order valence-corrected chi connectivity index (χ3v) is 5.19. The van der Waals surface area contributed by atoms with Gasteiger partial charge in [-0.25, -0.2) is 21.9 Å². The molecular formula is C18H19F2N3O4S. The lowest BCUT2D eigenvalue weighted by molar-refractivity contribution is -0.132. The van der Waals surface area contributed by atoms with Crippen LogP contribution in [0.2, 0.25) is 0 Å². The van der Waals surface area contributed by atoms with E-state index in [1.165, 1.54) is 7.05 Å². The van der Waals surface area contributed by atoms with Crippen molar-refractivity contribution in [2.45, 2.75) is 11.8 Å². The maximum absolute atomic E-state index is 13.6. The molecule has 0 saturated carbocycles. The largest absolute Gasteiger partial charge is 0.335 e. The van der Waals surface area contributed by atoms with Crippen LogP contribution >= 0.6 is 0 Å². The molecule has 0 aliphatic heterocycles. The lowest BCUT2D eigenvalue weighted by Gasteiger charge is -2.17. The Bertz CT molecular complexity index is 959. The standard InChI is InChI=1S/C18H19F2N3O4S/c1-12-6-8-13(9-7-12)22-16(24)11-23(2)17(25)10-21-28(26,27)18-14(19)4-3-5-15(18)20/h3-9,21H,10-11H2,1-2H3,(H,22,24). The first-order valence-electron chi connectivity index (χ1n) is 8.14. The minimum Gasteiger partial charge on any atom is -0.335 e. The number of sulfonamides is 1. The number of nitrogens with one attached hydrogen (secondary N) is 2. The van der Waals surface area contributed by atoms with E-state index in [0.29, 0.717) is 5.69 Å². The normalized spacial score (nSPS) is 11.1. The molecule has 28 heavy (non-hydrogen) atoms. The molecule has 0 fully saturated rings. The first-order chi connectivity index (χ1) is 13.1. The molecule has 150 valence electrons. The van der Waals surface area contributed by atoms with Gasteiger partial charge in [0.15, 0.2) is 4.90 Å². The second-order valence-corrected chi connectivity index (χ2v) is 7.74. The van der Waals surface area contributed by atoms with Crippen molar-refractivity contribution >= 4 is 27.5 Å². The van der Waals surface area contributed by atoms with Crippen molar-refractivity contribution in [1.29, 1.82) is 0 Å². The minimum absolute atomic E-state index is 0.331. The number of nitrogens with zero attached hydrogens (tertiary/aromatic N) is 1. The van der Waals surface area contributed by atoms with E-state index in [1.807, 2.05) is 11.6 Å². The average Bonchev–Trinajstić information content (AvgIpc) is 2.61. The summed E-state index contributed by atoms with van der Waals surface area (Å²) in [5, 5.41) is 2.60. The Labute approximate surface area is 161 Å². The Morgan fingerprint density at radius 2 is 1.61 bits per heavy atom. The summed E-state index contributed by atoms with van der Waals surface area (Å²) >= 11 is 0. The van der Waals surface area contributed by atoms with Crippen LogP contribution in [0.3, 0.4) is 0 Å². The Balaban J connectivity index is 1.93. The van der Waals surface area contributed by atoms with Crippen LogP contribution in [0.1, 0.15) is 5.56 Å². The number of carbonyl (C=O) groups excluding carboxylic acids is 2. The molecule has 0 aliphatic rings. The second-order valence-electron chi connectivity index (χ2n) is 6.04. The predicted octanol–water partition coefficient (Wildman–Crippen LogP) is 1.65. The number of halogens is 2. The molecule has 2 aromatic carbocycles. The summed E-state index contributed by atoms with van der Waals surface area (Å²) in [4.78, 5) is 23.9. The highest BCUT2D eigenvalue weighted by Gasteiger charge is 2.25. The number of hydrogen-bond donors (Lipinski definition) is 2. The van der Waals surface area contributed by atoms with Crippen LogP contribution in [0.4, 0.5) is 14.5 Å². The lowest BCUT2D eigenvalue weighted by atomic mass is 10.2. The summed E-state index contributed by atoms with van der Waals surface area (Å²) in [5.74, 6) is -3.78. The Hall–Kier alpha value is -2.85. The fourth-order valence-electron chi connectivity index (χ4n) is 2.24. The van der Waals surface area contributed by atoms with Gasteiger partial charge in [-0.3, -0.25) is 9.59 Å². The topological polar surface area (TPSA) is 95.6 Å². The average molecular weight is 411 g/mol. The van der Waals surface area contributed by atoms with Gasteiger partial charge in [-0.15, -0.1) is 0 Å². The molecule has 0 atom stereocenters. The van der Waals surface area contributed by atoms with Crippen molar-refractivity contribution < 1.29 is 26.8 Å². The van der Waals surface area contributed by atoms with Gasteiger partial charge in [-0.05, 0) is 31.2 Å². The summed E-state index contributed by atoms with van der Waals surface area (Å²) in [5.41, 5.74) is 1.57. The molecule has 0 unspecified atom stereocenters. The van der Waals surface area contributed by atoms with Crippen LogP contribution in [0.15, 0.2) is 47.4 Å². The Kier molecular flexibility index (Phi) is 6.81. The molecule has 2 amide bonds. The second kappa shape index (κ2) is 8.89. The third-order valence-electron chi connectivity index (χ3n) is 3.74. The van der Waals surface area contributed by atoms with Gasteiger partial charge in [-0.2, -0.15) is 0 Å². The molecule has 0 spiro atoms. The van der Waals surface area contributed by atoms with Crippen molar-refractivity contribution in [1.82, 2.24) is 9.62 Å². The molecule has 2 N–H and O–H groups in total. The molecule has 0 saturated heterocycles. The van der Waals surface area contributed by atoms with Crippen LogP contribution in [-0.4, -0.2) is 45.3 Å². The van der Waals surface area contributed by atoms with Gasteiger partial charge in [0.25, 0.3) is 0 Å². The molecule has 2 rings (SSSR count). The van der Waals surface area contributed by atoms with E-state index in [4.69, 9.17) is 0 Å². The fraction of sp³-hybridized carbons (Fsp3) is 0.222. The zero-order chi connectivity index (χ0) is 20.9. The quantitative estimate of drug-likeness (QED) is 0.724. The highest BCUT2D eigenvalue weighted by atomic mass is 32.2. The summed E-state index contributed by atoms with van der Waals surface area (Å²) in [6.45, 7) is 0.805. The summed E-state index contributed by atoms with van der Waals surface area (Å²) in [7, 11) is -3.28.